The molecule has 0 unspecified atom stereocenters. The van der Waals surface area contributed by atoms with Gasteiger partial charge in [-0.1, -0.05) is 0 Å². The molecule has 7 nitrogen and oxygen atoms in total. The summed E-state index contributed by atoms with van der Waals surface area (Å²) in [6, 6.07) is 1.55. The van der Waals surface area contributed by atoms with Crippen molar-refractivity contribution in [3.8, 4) is 5.75 Å². The first-order chi connectivity index (χ1) is 6.43. The van der Waals surface area contributed by atoms with E-state index >= 15 is 0 Å². The number of nitrogen functional groups attached to an aromatic ring is 1. The second-order valence-corrected chi connectivity index (χ2v) is 2.49. The van der Waals surface area contributed by atoms with Gasteiger partial charge in [0.05, 0.1) is 4.92 Å². The smallest absolute Gasteiger partial charge is 0.339 e. The molecule has 0 aliphatic carbocycles. The number of hydrogen-bond donors (Lipinski definition) is 3. The van der Waals surface area contributed by atoms with E-state index in [2.05, 4.69) is 0 Å². The van der Waals surface area contributed by atoms with Gasteiger partial charge in [0.25, 0.3) is 5.69 Å². The Morgan fingerprint density at radius 1 is 1.50 bits per heavy atom. The minimum atomic E-state index is -1.45. The van der Waals surface area contributed by atoms with E-state index in [4.69, 9.17) is 15.9 Å². The quantitative estimate of drug-likeness (QED) is 0.362. The van der Waals surface area contributed by atoms with Crippen molar-refractivity contribution in [2.45, 2.75) is 0 Å². The predicted octanol–water partition coefficient (Wildman–Crippen LogP) is 0.581. The lowest BCUT2D eigenvalue weighted by Gasteiger charge is -2.01. The molecule has 0 bridgehead atoms. The number of aromatic hydroxyl groups is 1. The summed E-state index contributed by atoms with van der Waals surface area (Å²) < 4.78 is 0. The molecule has 7 heteroatoms. The zero-order valence-corrected chi connectivity index (χ0v) is 6.80. The maximum absolute atomic E-state index is 10.5. The summed E-state index contributed by atoms with van der Waals surface area (Å²) in [7, 11) is 0. The van der Waals surface area contributed by atoms with Crippen LogP contribution in [0.1, 0.15) is 10.4 Å². The van der Waals surface area contributed by atoms with Gasteiger partial charge in [-0.05, 0) is 0 Å². The van der Waals surface area contributed by atoms with E-state index in [1.807, 2.05) is 0 Å². The van der Waals surface area contributed by atoms with Crippen LogP contribution in [0.15, 0.2) is 12.1 Å². The Bertz CT molecular complexity index is 380. The summed E-state index contributed by atoms with van der Waals surface area (Å²) in [5.41, 5.74) is 3.83. The number of hydrogen-bond acceptors (Lipinski definition) is 5. The molecule has 1 rings (SSSR count). The molecule has 14 heavy (non-hydrogen) atoms. The van der Waals surface area contributed by atoms with Gasteiger partial charge in [0, 0.05) is 12.1 Å². The number of rotatable bonds is 2. The van der Waals surface area contributed by atoms with Crippen molar-refractivity contribution in [2.75, 3.05) is 5.73 Å². The summed E-state index contributed by atoms with van der Waals surface area (Å²) in [6.07, 6.45) is 0. The average Bonchev–Trinajstić information content (AvgIpc) is 2.02. The number of anilines is 1. The van der Waals surface area contributed by atoms with E-state index in [1.165, 1.54) is 0 Å². The second-order valence-electron chi connectivity index (χ2n) is 2.49. The van der Waals surface area contributed by atoms with Crippen molar-refractivity contribution in [2.24, 2.45) is 0 Å². The molecule has 0 saturated heterocycles. The number of nitrogens with zero attached hydrogens (tertiary/aromatic N) is 1. The Kier molecular flexibility index (Phi) is 2.24. The summed E-state index contributed by atoms with van der Waals surface area (Å²) in [6.45, 7) is 0. The Morgan fingerprint density at radius 3 is 2.50 bits per heavy atom. The number of carboxylic acids is 1. The van der Waals surface area contributed by atoms with Crippen LogP contribution in [-0.4, -0.2) is 21.1 Å². The molecule has 0 aliphatic heterocycles. The highest BCUT2D eigenvalue weighted by Crippen LogP contribution is 2.29. The lowest BCUT2D eigenvalue weighted by molar-refractivity contribution is -0.383. The van der Waals surface area contributed by atoms with Crippen molar-refractivity contribution in [1.82, 2.24) is 0 Å². The maximum Gasteiger partial charge on any atom is 0.339 e. The van der Waals surface area contributed by atoms with Crippen LogP contribution in [0.25, 0.3) is 0 Å². The van der Waals surface area contributed by atoms with Gasteiger partial charge >= 0.3 is 5.97 Å². The lowest BCUT2D eigenvalue weighted by Crippen LogP contribution is -2.01. The summed E-state index contributed by atoms with van der Waals surface area (Å²) in [5, 5.41) is 28.0. The van der Waals surface area contributed by atoms with E-state index in [0.717, 1.165) is 6.07 Å². The molecule has 0 amide bonds. The molecule has 0 saturated carbocycles. The maximum atomic E-state index is 10.5. The standard InChI is InChI=1S/C7H6N2O5/c8-4-2-6(10)3(7(11)12)1-5(4)9(13)14/h1-2,10H,8H2,(H,11,12). The Labute approximate surface area is 77.5 Å². The fraction of sp³-hybridized carbons (Fsp3) is 0. The highest BCUT2D eigenvalue weighted by molar-refractivity contribution is 5.93. The number of nitrogens with two attached hydrogens (primary N) is 1. The Morgan fingerprint density at radius 2 is 2.07 bits per heavy atom. The third-order valence-corrected chi connectivity index (χ3v) is 1.57. The third kappa shape index (κ3) is 1.56. The van der Waals surface area contributed by atoms with Crippen LogP contribution in [0.2, 0.25) is 0 Å². The van der Waals surface area contributed by atoms with Crippen LogP contribution in [0.3, 0.4) is 0 Å². The first-order valence-corrected chi connectivity index (χ1v) is 3.43. The zero-order chi connectivity index (χ0) is 10.9. The molecule has 1 aromatic rings. The van der Waals surface area contributed by atoms with Crippen LogP contribution in [-0.2, 0) is 0 Å². The monoisotopic (exact) mass is 198 g/mol. The largest absolute Gasteiger partial charge is 0.507 e. The van der Waals surface area contributed by atoms with Crippen LogP contribution < -0.4 is 5.73 Å². The molecular weight excluding hydrogens is 192 g/mol. The molecule has 74 valence electrons. The normalized spacial score (nSPS) is 9.71. The van der Waals surface area contributed by atoms with E-state index in [1.54, 1.807) is 0 Å². The molecule has 0 fully saturated rings. The van der Waals surface area contributed by atoms with Crippen LogP contribution in [0.4, 0.5) is 11.4 Å². The molecule has 0 spiro atoms. The van der Waals surface area contributed by atoms with Crippen LogP contribution in [0.5, 0.6) is 5.75 Å². The van der Waals surface area contributed by atoms with E-state index < -0.39 is 27.9 Å². The number of benzene rings is 1. The summed E-state index contributed by atoms with van der Waals surface area (Å²) >= 11 is 0. The van der Waals surface area contributed by atoms with E-state index in [0.29, 0.717) is 6.07 Å². The number of carbonyl (C=O) groups is 1. The average molecular weight is 198 g/mol. The predicted molar refractivity (Wildman–Crippen MR) is 46.1 cm³/mol. The van der Waals surface area contributed by atoms with Gasteiger partial charge in [0.15, 0.2) is 0 Å². The summed E-state index contributed by atoms with van der Waals surface area (Å²) in [5.74, 6) is -2.05. The molecule has 4 N–H and O–H groups in total. The molecule has 0 radical (unpaired) electrons. The van der Waals surface area contributed by atoms with Crippen molar-refractivity contribution in [3.05, 3.63) is 27.8 Å². The second kappa shape index (κ2) is 3.21. The molecule has 0 aromatic heterocycles. The lowest BCUT2D eigenvalue weighted by atomic mass is 10.1. The molecule has 0 aliphatic rings. The van der Waals surface area contributed by atoms with Gasteiger partial charge in [0.1, 0.15) is 17.0 Å². The summed E-state index contributed by atoms with van der Waals surface area (Å²) in [4.78, 5) is 20.0. The molecule has 0 atom stereocenters. The number of nitro groups is 1. The minimum absolute atomic E-state index is 0.280. The van der Waals surface area contributed by atoms with Crippen molar-refractivity contribution in [1.29, 1.82) is 0 Å². The molecular formula is C7H6N2O5. The highest BCUT2D eigenvalue weighted by Gasteiger charge is 2.19. The molecule has 0 heterocycles. The Hall–Kier alpha value is -2.31. The zero-order valence-electron chi connectivity index (χ0n) is 6.80. The first-order valence-electron chi connectivity index (χ1n) is 3.43. The Balaban J connectivity index is 3.42. The van der Waals surface area contributed by atoms with Gasteiger partial charge in [-0.25, -0.2) is 4.79 Å². The van der Waals surface area contributed by atoms with E-state index in [9.17, 15) is 14.9 Å². The van der Waals surface area contributed by atoms with Crippen molar-refractivity contribution in [3.63, 3.8) is 0 Å². The van der Waals surface area contributed by atoms with Crippen LogP contribution in [0, 0.1) is 10.1 Å². The van der Waals surface area contributed by atoms with Gasteiger partial charge < -0.3 is 15.9 Å². The number of nitro benzene ring substituents is 1. The number of aromatic carboxylic acids is 1. The SMILES string of the molecule is Nc1cc(O)c(C(=O)O)cc1[N+](=O)[O-]. The van der Waals surface area contributed by atoms with Gasteiger partial charge in [-0.15, -0.1) is 0 Å². The minimum Gasteiger partial charge on any atom is -0.507 e. The fourth-order valence-corrected chi connectivity index (χ4v) is 0.922. The van der Waals surface area contributed by atoms with E-state index in [-0.39, 0.29) is 5.69 Å². The highest BCUT2D eigenvalue weighted by atomic mass is 16.6. The van der Waals surface area contributed by atoms with Gasteiger partial charge in [-0.2, -0.15) is 0 Å². The van der Waals surface area contributed by atoms with Crippen LogP contribution >= 0.6 is 0 Å². The van der Waals surface area contributed by atoms with Crippen molar-refractivity contribution < 1.29 is 19.9 Å². The molecule has 1 aromatic carbocycles. The van der Waals surface area contributed by atoms with Gasteiger partial charge in [-0.3, -0.25) is 10.1 Å². The number of phenols is 1. The van der Waals surface area contributed by atoms with Crippen molar-refractivity contribution >= 4 is 17.3 Å². The van der Waals surface area contributed by atoms with Gasteiger partial charge in [0.2, 0.25) is 0 Å². The first kappa shape index (κ1) is 9.78. The topological polar surface area (TPSA) is 127 Å². The fourth-order valence-electron chi connectivity index (χ4n) is 0.922. The third-order valence-electron chi connectivity index (χ3n) is 1.57. The number of carboxylic acid groups (broad SMARTS) is 1.